The van der Waals surface area contributed by atoms with E-state index in [1.807, 2.05) is 0 Å². The van der Waals surface area contributed by atoms with Gasteiger partial charge in [0.15, 0.2) is 0 Å². The molecule has 0 saturated heterocycles. The highest BCUT2D eigenvalue weighted by Crippen LogP contribution is 2.11. The van der Waals surface area contributed by atoms with Gasteiger partial charge in [-0.3, -0.25) is 0 Å². The predicted octanol–water partition coefficient (Wildman–Crippen LogP) is 1.73. The molecule has 2 atom stereocenters. The lowest BCUT2D eigenvalue weighted by molar-refractivity contribution is -0.110. The molecular weight excluding hydrogens is 214 g/mol. The van der Waals surface area contributed by atoms with Gasteiger partial charge in [-0.25, -0.2) is 0 Å². The van der Waals surface area contributed by atoms with Gasteiger partial charge in [0.25, 0.3) is 0 Å². The molecule has 0 aliphatic carbocycles. The molecular formula is C14H17NO2. The zero-order valence-corrected chi connectivity index (χ0v) is 9.78. The predicted molar refractivity (Wildman–Crippen MR) is 69.7 cm³/mol. The summed E-state index contributed by atoms with van der Waals surface area (Å²) in [5.41, 5.74) is 5.00. The lowest BCUT2D eigenvalue weighted by atomic mass is 10.1. The lowest BCUT2D eigenvalue weighted by Crippen LogP contribution is -2.33. The highest BCUT2D eigenvalue weighted by atomic mass is 16.3. The van der Waals surface area contributed by atoms with Crippen LogP contribution in [-0.4, -0.2) is 23.5 Å². The van der Waals surface area contributed by atoms with Crippen molar-refractivity contribution in [3.8, 4) is 0 Å². The van der Waals surface area contributed by atoms with Gasteiger partial charge in [-0.2, -0.15) is 0 Å². The summed E-state index contributed by atoms with van der Waals surface area (Å²) in [5.74, 6) is 0. The van der Waals surface area contributed by atoms with Crippen LogP contribution in [0, 0.1) is 0 Å². The molecule has 2 aromatic carbocycles. The van der Waals surface area contributed by atoms with Crippen molar-refractivity contribution in [2.75, 3.05) is 0 Å². The number of carbonyl (C=O) groups is 1. The molecule has 0 saturated carbocycles. The quantitative estimate of drug-likeness (QED) is 0.774. The standard InChI is InChI=1S/C10H8.C4H9NO2/c1-2-6-10-8-4-3-7-9(10)5-1;1-3(7)4(5)2-6/h1-8H;2-4,7H,5H2,1H3. The zero-order valence-electron chi connectivity index (χ0n) is 9.78. The first kappa shape index (κ1) is 13.4. The summed E-state index contributed by atoms with van der Waals surface area (Å²) in [6, 6.07) is 16.0. The number of rotatable bonds is 2. The van der Waals surface area contributed by atoms with E-state index < -0.39 is 12.1 Å². The molecule has 3 heteroatoms. The average Bonchev–Trinajstić information content (AvgIpc) is 2.38. The highest BCUT2D eigenvalue weighted by Gasteiger charge is 2.04. The Hall–Kier alpha value is -1.71. The summed E-state index contributed by atoms with van der Waals surface area (Å²) in [6.07, 6.45) is -0.206. The summed E-state index contributed by atoms with van der Waals surface area (Å²) < 4.78 is 0. The molecule has 0 bridgehead atoms. The van der Waals surface area contributed by atoms with E-state index in [0.717, 1.165) is 0 Å². The Morgan fingerprint density at radius 2 is 1.41 bits per heavy atom. The van der Waals surface area contributed by atoms with E-state index in [2.05, 4.69) is 48.5 Å². The number of benzene rings is 2. The Balaban J connectivity index is 0.000000185. The van der Waals surface area contributed by atoms with Crippen LogP contribution < -0.4 is 5.73 Å². The van der Waals surface area contributed by atoms with E-state index in [0.29, 0.717) is 6.29 Å². The van der Waals surface area contributed by atoms with Crippen LogP contribution in [0.3, 0.4) is 0 Å². The molecule has 0 aliphatic heterocycles. The number of hydrogen-bond donors (Lipinski definition) is 2. The Labute approximate surface area is 101 Å². The first-order valence-corrected chi connectivity index (χ1v) is 5.48. The maximum absolute atomic E-state index is 9.66. The molecule has 3 N–H and O–H groups in total. The summed E-state index contributed by atoms with van der Waals surface area (Å²) in [5, 5.41) is 11.1. The topological polar surface area (TPSA) is 63.3 Å². The van der Waals surface area contributed by atoms with Crippen molar-refractivity contribution in [2.45, 2.75) is 19.1 Å². The van der Waals surface area contributed by atoms with Crippen LogP contribution in [0.15, 0.2) is 48.5 Å². The van der Waals surface area contributed by atoms with Crippen LogP contribution in [0.25, 0.3) is 10.8 Å². The number of fused-ring (bicyclic) bond motifs is 1. The molecule has 0 fully saturated rings. The number of aldehydes is 1. The van der Waals surface area contributed by atoms with E-state index >= 15 is 0 Å². The molecule has 2 rings (SSSR count). The second-order valence-electron chi connectivity index (χ2n) is 3.80. The van der Waals surface area contributed by atoms with Crippen LogP contribution in [0.4, 0.5) is 0 Å². The smallest absolute Gasteiger partial charge is 0.139 e. The van der Waals surface area contributed by atoms with Gasteiger partial charge in [0, 0.05) is 0 Å². The molecule has 17 heavy (non-hydrogen) atoms. The molecule has 0 spiro atoms. The van der Waals surface area contributed by atoms with Crippen molar-refractivity contribution in [3.05, 3.63) is 48.5 Å². The van der Waals surface area contributed by atoms with E-state index in [9.17, 15) is 4.79 Å². The fraction of sp³-hybridized carbons (Fsp3) is 0.214. The minimum Gasteiger partial charge on any atom is -0.391 e. The fourth-order valence-corrected chi connectivity index (χ4v) is 1.25. The molecule has 0 aliphatic rings. The van der Waals surface area contributed by atoms with Crippen molar-refractivity contribution in [2.24, 2.45) is 5.73 Å². The molecule has 0 aromatic heterocycles. The monoisotopic (exact) mass is 231 g/mol. The minimum atomic E-state index is -0.725. The second kappa shape index (κ2) is 6.78. The van der Waals surface area contributed by atoms with E-state index in [1.54, 1.807) is 0 Å². The number of hydrogen-bond acceptors (Lipinski definition) is 3. The normalized spacial score (nSPS) is 13.4. The number of carbonyl (C=O) groups excluding carboxylic acids is 1. The Kier molecular flexibility index (Phi) is 5.33. The Morgan fingerprint density at radius 3 is 1.59 bits per heavy atom. The van der Waals surface area contributed by atoms with Gasteiger partial charge in [-0.05, 0) is 17.7 Å². The number of aliphatic hydroxyl groups is 1. The van der Waals surface area contributed by atoms with Crippen molar-refractivity contribution in [3.63, 3.8) is 0 Å². The molecule has 90 valence electrons. The zero-order chi connectivity index (χ0) is 12.7. The molecule has 0 amide bonds. The van der Waals surface area contributed by atoms with Crippen LogP contribution in [0.2, 0.25) is 0 Å². The largest absolute Gasteiger partial charge is 0.391 e. The number of aliphatic hydroxyl groups excluding tert-OH is 1. The Bertz CT molecular complexity index is 403. The maximum Gasteiger partial charge on any atom is 0.139 e. The van der Waals surface area contributed by atoms with Gasteiger partial charge in [-0.1, -0.05) is 48.5 Å². The summed E-state index contributed by atoms with van der Waals surface area (Å²) in [6.45, 7) is 1.47. The van der Waals surface area contributed by atoms with Crippen LogP contribution in [0.1, 0.15) is 6.92 Å². The molecule has 0 radical (unpaired) electrons. The number of nitrogens with two attached hydrogens (primary N) is 1. The minimum absolute atomic E-state index is 0.519. The summed E-state index contributed by atoms with van der Waals surface area (Å²) in [7, 11) is 0. The van der Waals surface area contributed by atoms with E-state index in [4.69, 9.17) is 10.8 Å². The van der Waals surface area contributed by atoms with Gasteiger partial charge in [0.2, 0.25) is 0 Å². The maximum atomic E-state index is 9.66. The molecule has 3 nitrogen and oxygen atoms in total. The van der Waals surface area contributed by atoms with Gasteiger partial charge >= 0.3 is 0 Å². The fourth-order valence-electron chi connectivity index (χ4n) is 1.25. The average molecular weight is 231 g/mol. The highest BCUT2D eigenvalue weighted by molar-refractivity contribution is 5.81. The van der Waals surface area contributed by atoms with Crippen molar-refractivity contribution >= 4 is 17.1 Å². The third-order valence-corrected chi connectivity index (χ3v) is 2.37. The third-order valence-electron chi connectivity index (χ3n) is 2.37. The van der Waals surface area contributed by atoms with Crippen LogP contribution >= 0.6 is 0 Å². The van der Waals surface area contributed by atoms with Crippen molar-refractivity contribution in [1.82, 2.24) is 0 Å². The van der Waals surface area contributed by atoms with Crippen molar-refractivity contribution < 1.29 is 9.90 Å². The molecule has 2 aromatic rings. The van der Waals surface area contributed by atoms with E-state index in [1.165, 1.54) is 17.7 Å². The van der Waals surface area contributed by atoms with Crippen LogP contribution in [0.5, 0.6) is 0 Å². The SMILES string of the molecule is CC(O)C(N)C=O.c1ccc2ccccc2c1. The van der Waals surface area contributed by atoms with Gasteiger partial charge in [0.05, 0.1) is 12.1 Å². The summed E-state index contributed by atoms with van der Waals surface area (Å²) in [4.78, 5) is 9.66. The Morgan fingerprint density at radius 1 is 1.06 bits per heavy atom. The second-order valence-corrected chi connectivity index (χ2v) is 3.80. The van der Waals surface area contributed by atoms with Gasteiger partial charge in [0.1, 0.15) is 6.29 Å². The lowest BCUT2D eigenvalue weighted by Gasteiger charge is -2.03. The molecule has 2 unspecified atom stereocenters. The van der Waals surface area contributed by atoms with E-state index in [-0.39, 0.29) is 0 Å². The molecule has 0 heterocycles. The van der Waals surface area contributed by atoms with Crippen molar-refractivity contribution in [1.29, 1.82) is 0 Å². The first-order valence-electron chi connectivity index (χ1n) is 5.48. The summed E-state index contributed by atoms with van der Waals surface area (Å²) >= 11 is 0. The third kappa shape index (κ3) is 4.34. The first-order chi connectivity index (χ1) is 8.15. The van der Waals surface area contributed by atoms with Gasteiger partial charge in [-0.15, -0.1) is 0 Å². The van der Waals surface area contributed by atoms with Gasteiger partial charge < -0.3 is 15.6 Å². The van der Waals surface area contributed by atoms with Crippen LogP contribution in [-0.2, 0) is 4.79 Å².